The molecule has 0 aromatic carbocycles. The lowest BCUT2D eigenvalue weighted by molar-refractivity contribution is 0.444. The fraction of sp³-hybridized carbons (Fsp3) is 0. The zero-order chi connectivity index (χ0) is 9.80. The Morgan fingerprint density at radius 3 is 2.93 bits per heavy atom. The van der Waals surface area contributed by atoms with Crippen LogP contribution in [0.1, 0.15) is 0 Å². The number of ether oxygens (including phenoxy) is 1. The molecule has 0 fully saturated rings. The molecule has 0 amide bonds. The van der Waals surface area contributed by atoms with E-state index < -0.39 is 0 Å². The first-order valence-corrected chi connectivity index (χ1v) is 4.12. The molecule has 2 rings (SSSR count). The number of aromatic amines is 1. The van der Waals surface area contributed by atoms with Gasteiger partial charge in [0.05, 0.1) is 0 Å². The largest absolute Gasteiger partial charge is 0.423 e. The van der Waals surface area contributed by atoms with Crippen LogP contribution in [-0.2, 0) is 0 Å². The molecule has 0 saturated carbocycles. The van der Waals surface area contributed by atoms with Crippen molar-refractivity contribution in [2.45, 2.75) is 0 Å². The normalized spacial score (nSPS) is 9.71. The van der Waals surface area contributed by atoms with Gasteiger partial charge in [0.1, 0.15) is 0 Å². The second-order valence-corrected chi connectivity index (χ2v) is 2.66. The number of pyridine rings is 2. The van der Waals surface area contributed by atoms with Crippen molar-refractivity contribution in [3.8, 4) is 11.8 Å². The van der Waals surface area contributed by atoms with Crippen LogP contribution in [0.3, 0.4) is 0 Å². The molecule has 0 radical (unpaired) electrons. The van der Waals surface area contributed by atoms with Crippen LogP contribution in [-0.4, -0.2) is 9.97 Å². The van der Waals surface area contributed by atoms with Gasteiger partial charge in [0, 0.05) is 30.6 Å². The van der Waals surface area contributed by atoms with Crippen LogP contribution < -0.4 is 10.2 Å². The van der Waals surface area contributed by atoms with Crippen molar-refractivity contribution >= 4 is 0 Å². The molecule has 2 heterocycles. The van der Waals surface area contributed by atoms with Gasteiger partial charge < -0.3 is 9.72 Å². The molecule has 1 N–H and O–H groups in total. The van der Waals surface area contributed by atoms with Crippen LogP contribution in [0.25, 0.3) is 0 Å². The van der Waals surface area contributed by atoms with Gasteiger partial charge in [0.25, 0.3) is 0 Å². The van der Waals surface area contributed by atoms with Crippen LogP contribution in [0.5, 0.6) is 11.8 Å². The van der Waals surface area contributed by atoms with Crippen molar-refractivity contribution in [2.75, 3.05) is 0 Å². The number of rotatable bonds is 2. The summed E-state index contributed by atoms with van der Waals surface area (Å²) in [6.07, 6.45) is 3.15. The zero-order valence-electron chi connectivity index (χ0n) is 7.31. The van der Waals surface area contributed by atoms with Crippen molar-refractivity contribution in [2.24, 2.45) is 0 Å². The number of aromatic nitrogens is 2. The summed E-state index contributed by atoms with van der Waals surface area (Å²) in [5, 5.41) is 0. The minimum absolute atomic E-state index is 0.102. The van der Waals surface area contributed by atoms with E-state index in [4.69, 9.17) is 4.74 Å². The van der Waals surface area contributed by atoms with E-state index in [1.807, 2.05) is 6.07 Å². The lowest BCUT2D eigenvalue weighted by Crippen LogP contribution is -1.98. The highest BCUT2D eigenvalue weighted by Crippen LogP contribution is 2.12. The van der Waals surface area contributed by atoms with Crippen molar-refractivity contribution in [3.63, 3.8) is 0 Å². The van der Waals surface area contributed by atoms with E-state index >= 15 is 0 Å². The first-order valence-electron chi connectivity index (χ1n) is 4.12. The highest BCUT2D eigenvalue weighted by Gasteiger charge is 1.96. The molecule has 0 saturated heterocycles. The summed E-state index contributed by atoms with van der Waals surface area (Å²) in [5.74, 6) is 0.838. The topological polar surface area (TPSA) is 55.0 Å². The maximum Gasteiger partial charge on any atom is 0.221 e. The number of hydrogen-bond donors (Lipinski definition) is 1. The van der Waals surface area contributed by atoms with Crippen molar-refractivity contribution in [1.29, 1.82) is 0 Å². The van der Waals surface area contributed by atoms with E-state index in [0.717, 1.165) is 0 Å². The molecule has 0 atom stereocenters. The summed E-state index contributed by atoms with van der Waals surface area (Å²) in [6.45, 7) is 0. The van der Waals surface area contributed by atoms with Gasteiger partial charge in [-0.1, -0.05) is 6.07 Å². The highest BCUT2D eigenvalue weighted by atomic mass is 16.5. The van der Waals surface area contributed by atoms with Crippen LogP contribution in [0, 0.1) is 0 Å². The van der Waals surface area contributed by atoms with E-state index in [0.29, 0.717) is 11.8 Å². The average Bonchev–Trinajstić information content (AvgIpc) is 2.19. The van der Waals surface area contributed by atoms with Gasteiger partial charge in [-0.05, 0) is 6.07 Å². The number of hydrogen-bond acceptors (Lipinski definition) is 3. The highest BCUT2D eigenvalue weighted by molar-refractivity contribution is 5.18. The Hall–Kier alpha value is -2.10. The fourth-order valence-electron chi connectivity index (χ4n) is 1.00. The molecular weight excluding hydrogens is 180 g/mol. The van der Waals surface area contributed by atoms with Crippen LogP contribution >= 0.6 is 0 Å². The smallest absolute Gasteiger partial charge is 0.221 e. The average molecular weight is 188 g/mol. The Kier molecular flexibility index (Phi) is 2.27. The van der Waals surface area contributed by atoms with Gasteiger partial charge in [-0.3, -0.25) is 4.79 Å². The Morgan fingerprint density at radius 2 is 2.21 bits per heavy atom. The minimum atomic E-state index is -0.102. The molecule has 0 bridgehead atoms. The Balaban J connectivity index is 2.24. The van der Waals surface area contributed by atoms with Gasteiger partial charge in [-0.25, -0.2) is 4.98 Å². The standard InChI is InChI=1S/C10H8N2O2/c13-8-4-6-12-10(7-8)14-9-3-1-2-5-11-9/h1-7H,(H,12,13). The quantitative estimate of drug-likeness (QED) is 0.778. The van der Waals surface area contributed by atoms with Crippen LogP contribution in [0.2, 0.25) is 0 Å². The molecule has 2 aromatic heterocycles. The van der Waals surface area contributed by atoms with Gasteiger partial charge in [-0.15, -0.1) is 0 Å². The van der Waals surface area contributed by atoms with E-state index in [9.17, 15) is 4.79 Å². The lowest BCUT2D eigenvalue weighted by atomic mass is 10.4. The minimum Gasteiger partial charge on any atom is -0.423 e. The second kappa shape index (κ2) is 3.74. The van der Waals surface area contributed by atoms with E-state index in [1.54, 1.807) is 18.3 Å². The zero-order valence-corrected chi connectivity index (χ0v) is 7.31. The van der Waals surface area contributed by atoms with E-state index in [1.165, 1.54) is 18.3 Å². The van der Waals surface area contributed by atoms with Crippen LogP contribution in [0.4, 0.5) is 0 Å². The summed E-state index contributed by atoms with van der Waals surface area (Å²) in [6, 6.07) is 8.11. The molecule has 2 aromatic rings. The Morgan fingerprint density at radius 1 is 1.29 bits per heavy atom. The van der Waals surface area contributed by atoms with Gasteiger partial charge in [-0.2, -0.15) is 0 Å². The molecule has 4 nitrogen and oxygen atoms in total. The predicted molar refractivity (Wildman–Crippen MR) is 51.4 cm³/mol. The third-order valence-corrected chi connectivity index (χ3v) is 1.60. The number of H-pyrrole nitrogens is 1. The maximum atomic E-state index is 11.0. The van der Waals surface area contributed by atoms with Gasteiger partial charge in [0.15, 0.2) is 5.43 Å². The molecular formula is C10H8N2O2. The molecule has 0 spiro atoms. The van der Waals surface area contributed by atoms with Gasteiger partial charge in [0.2, 0.25) is 11.8 Å². The molecule has 0 aliphatic heterocycles. The van der Waals surface area contributed by atoms with Crippen molar-refractivity contribution in [1.82, 2.24) is 9.97 Å². The SMILES string of the molecule is O=c1cc[nH]c(Oc2ccccn2)c1. The molecule has 4 heteroatoms. The predicted octanol–water partition coefficient (Wildman–Crippen LogP) is 1.56. The van der Waals surface area contributed by atoms with E-state index in [2.05, 4.69) is 9.97 Å². The molecule has 14 heavy (non-hydrogen) atoms. The summed E-state index contributed by atoms with van der Waals surface area (Å²) in [4.78, 5) is 17.7. The summed E-state index contributed by atoms with van der Waals surface area (Å²) in [7, 11) is 0. The Bertz CT molecular complexity index is 465. The third kappa shape index (κ3) is 1.98. The number of nitrogens with zero attached hydrogens (tertiary/aromatic N) is 1. The van der Waals surface area contributed by atoms with Crippen molar-refractivity contribution < 1.29 is 4.74 Å². The lowest BCUT2D eigenvalue weighted by Gasteiger charge is -2.02. The summed E-state index contributed by atoms with van der Waals surface area (Å²) in [5.41, 5.74) is -0.102. The van der Waals surface area contributed by atoms with Crippen LogP contribution in [0.15, 0.2) is 47.5 Å². The maximum absolute atomic E-state index is 11.0. The number of nitrogens with one attached hydrogen (secondary N) is 1. The summed E-state index contributed by atoms with van der Waals surface area (Å²) >= 11 is 0. The molecule has 70 valence electrons. The van der Waals surface area contributed by atoms with Gasteiger partial charge >= 0.3 is 0 Å². The first-order chi connectivity index (χ1) is 6.84. The fourth-order valence-corrected chi connectivity index (χ4v) is 1.00. The molecule has 0 aliphatic rings. The second-order valence-electron chi connectivity index (χ2n) is 2.66. The first kappa shape index (κ1) is 8.50. The monoisotopic (exact) mass is 188 g/mol. The van der Waals surface area contributed by atoms with Crippen molar-refractivity contribution in [3.05, 3.63) is 52.9 Å². The van der Waals surface area contributed by atoms with E-state index in [-0.39, 0.29) is 5.43 Å². The summed E-state index contributed by atoms with van der Waals surface area (Å²) < 4.78 is 5.29. The molecule has 0 aliphatic carbocycles. The Labute approximate surface area is 80.2 Å². The third-order valence-electron chi connectivity index (χ3n) is 1.60. The molecule has 0 unspecified atom stereocenters.